The van der Waals surface area contributed by atoms with E-state index in [9.17, 15) is 24.1 Å². The van der Waals surface area contributed by atoms with Gasteiger partial charge in [0.25, 0.3) is 5.69 Å². The van der Waals surface area contributed by atoms with Gasteiger partial charge in [0, 0.05) is 0 Å². The summed E-state index contributed by atoms with van der Waals surface area (Å²) in [6.45, 7) is 3.00. The summed E-state index contributed by atoms with van der Waals surface area (Å²) in [7, 11) is 0. The van der Waals surface area contributed by atoms with Crippen molar-refractivity contribution in [2.45, 2.75) is 19.8 Å². The Morgan fingerprint density at radius 2 is 1.77 bits per heavy atom. The van der Waals surface area contributed by atoms with Crippen LogP contribution in [0.2, 0.25) is 0 Å². The fourth-order valence-electron chi connectivity index (χ4n) is 1.74. The minimum atomic E-state index is -1.66. The highest BCUT2D eigenvalue weighted by molar-refractivity contribution is 9.10. The number of hydrogen-bond acceptors (Lipinski definition) is 6. The maximum Gasteiger partial charge on any atom is 0.325 e. The van der Waals surface area contributed by atoms with Crippen molar-refractivity contribution in [3.8, 4) is 0 Å². The lowest BCUT2D eigenvalue weighted by molar-refractivity contribution is -0.385. The molecule has 1 aromatic carbocycles. The van der Waals surface area contributed by atoms with Gasteiger partial charge in [-0.15, -0.1) is 0 Å². The minimum absolute atomic E-state index is 0.0229. The number of nitro benzene ring substituents is 1. The Hall–Kier alpha value is -2.03. The number of rotatable bonds is 6. The van der Waals surface area contributed by atoms with Crippen LogP contribution in [0.3, 0.4) is 0 Å². The lowest BCUT2D eigenvalue weighted by Crippen LogP contribution is -2.27. The van der Waals surface area contributed by atoms with Gasteiger partial charge in [0.15, 0.2) is 5.92 Å². The second-order valence-electron chi connectivity index (χ2n) is 4.02. The number of nitrogens with zero attached hydrogens (tertiary/aromatic N) is 1. The standard InChI is InChI=1S/C13H13BrFNO6/c1-3-21-12(17)11(13(18)22-4-2)7-5-8(14)9(15)6-10(7)16(19)20/h5-6,11H,3-4H2,1-2H3. The summed E-state index contributed by atoms with van der Waals surface area (Å²) >= 11 is 2.87. The highest BCUT2D eigenvalue weighted by Gasteiger charge is 2.37. The van der Waals surface area contributed by atoms with E-state index < -0.39 is 34.3 Å². The van der Waals surface area contributed by atoms with Gasteiger partial charge < -0.3 is 9.47 Å². The Balaban J connectivity index is 3.47. The summed E-state index contributed by atoms with van der Waals surface area (Å²) in [5.74, 6) is -4.54. The highest BCUT2D eigenvalue weighted by atomic mass is 79.9. The number of carbonyl (C=O) groups excluding carboxylic acids is 2. The summed E-state index contributed by atoms with van der Waals surface area (Å²) in [6, 6.07) is 1.64. The molecule has 7 nitrogen and oxygen atoms in total. The van der Waals surface area contributed by atoms with Gasteiger partial charge in [-0.3, -0.25) is 19.7 Å². The van der Waals surface area contributed by atoms with Crippen molar-refractivity contribution in [3.63, 3.8) is 0 Å². The van der Waals surface area contributed by atoms with Crippen LogP contribution in [0.4, 0.5) is 10.1 Å². The first-order valence-corrected chi connectivity index (χ1v) is 7.09. The average molecular weight is 378 g/mol. The van der Waals surface area contributed by atoms with Gasteiger partial charge in [0.2, 0.25) is 0 Å². The SMILES string of the molecule is CCOC(=O)C(C(=O)OCC)c1cc(Br)c(F)cc1[N+](=O)[O-]. The topological polar surface area (TPSA) is 95.7 Å². The third-order valence-corrected chi connectivity index (χ3v) is 3.23. The first-order chi connectivity index (χ1) is 10.3. The summed E-state index contributed by atoms with van der Waals surface area (Å²) in [4.78, 5) is 34.1. The van der Waals surface area contributed by atoms with Crippen LogP contribution in [0.5, 0.6) is 0 Å². The van der Waals surface area contributed by atoms with E-state index in [4.69, 9.17) is 9.47 Å². The van der Waals surface area contributed by atoms with Crippen molar-refractivity contribution >= 4 is 33.6 Å². The van der Waals surface area contributed by atoms with Gasteiger partial charge in [-0.05, 0) is 35.8 Å². The molecule has 0 aliphatic heterocycles. The zero-order chi connectivity index (χ0) is 16.9. The van der Waals surface area contributed by atoms with Crippen LogP contribution >= 0.6 is 15.9 Å². The Morgan fingerprint density at radius 3 is 2.18 bits per heavy atom. The van der Waals surface area contributed by atoms with E-state index in [0.717, 1.165) is 6.07 Å². The maximum atomic E-state index is 13.5. The molecule has 0 bridgehead atoms. The van der Waals surface area contributed by atoms with E-state index in [1.54, 1.807) is 0 Å². The van der Waals surface area contributed by atoms with Crippen LogP contribution < -0.4 is 0 Å². The number of esters is 2. The molecule has 22 heavy (non-hydrogen) atoms. The zero-order valence-corrected chi connectivity index (χ0v) is 13.4. The number of carbonyl (C=O) groups is 2. The van der Waals surface area contributed by atoms with Gasteiger partial charge in [0.05, 0.1) is 34.2 Å². The maximum absolute atomic E-state index is 13.5. The third-order valence-electron chi connectivity index (χ3n) is 2.62. The number of ether oxygens (including phenoxy) is 2. The van der Waals surface area contributed by atoms with Crippen molar-refractivity contribution in [1.82, 2.24) is 0 Å². The van der Waals surface area contributed by atoms with Gasteiger partial charge in [-0.25, -0.2) is 4.39 Å². The van der Waals surface area contributed by atoms with E-state index in [1.165, 1.54) is 13.8 Å². The Bertz CT molecular complexity index is 588. The minimum Gasteiger partial charge on any atom is -0.465 e. The molecule has 0 N–H and O–H groups in total. The van der Waals surface area contributed by atoms with Gasteiger partial charge in [-0.1, -0.05) is 0 Å². The lowest BCUT2D eigenvalue weighted by Gasteiger charge is -2.15. The molecule has 0 saturated heterocycles. The molecule has 0 unspecified atom stereocenters. The van der Waals surface area contributed by atoms with E-state index in [2.05, 4.69) is 15.9 Å². The van der Waals surface area contributed by atoms with Crippen molar-refractivity contribution in [3.05, 3.63) is 38.1 Å². The molecule has 120 valence electrons. The zero-order valence-electron chi connectivity index (χ0n) is 11.8. The van der Waals surface area contributed by atoms with E-state index in [0.29, 0.717) is 6.07 Å². The predicted molar refractivity (Wildman–Crippen MR) is 76.8 cm³/mol. The molecule has 0 saturated carbocycles. The molecule has 0 fully saturated rings. The van der Waals surface area contributed by atoms with Crippen molar-refractivity contribution in [1.29, 1.82) is 0 Å². The third kappa shape index (κ3) is 4.00. The number of nitro groups is 1. The summed E-state index contributed by atoms with van der Waals surface area (Å²) in [5, 5.41) is 11.1. The van der Waals surface area contributed by atoms with Crippen LogP contribution in [0.25, 0.3) is 0 Å². The van der Waals surface area contributed by atoms with Crippen LogP contribution in [0, 0.1) is 15.9 Å². The summed E-state index contributed by atoms with van der Waals surface area (Å²) in [6.07, 6.45) is 0. The van der Waals surface area contributed by atoms with E-state index in [1.807, 2.05) is 0 Å². The van der Waals surface area contributed by atoms with Crippen LogP contribution in [0.1, 0.15) is 25.3 Å². The van der Waals surface area contributed by atoms with Crippen molar-refractivity contribution in [2.75, 3.05) is 13.2 Å². The van der Waals surface area contributed by atoms with Gasteiger partial charge in [0.1, 0.15) is 5.82 Å². The van der Waals surface area contributed by atoms with Crippen LogP contribution in [-0.2, 0) is 19.1 Å². The molecule has 0 aliphatic rings. The Kier molecular flexibility index (Phi) is 6.41. The molecule has 0 heterocycles. The summed E-state index contributed by atoms with van der Waals surface area (Å²) in [5.41, 5.74) is -0.998. The molecule has 9 heteroatoms. The lowest BCUT2D eigenvalue weighted by atomic mass is 9.97. The Morgan fingerprint density at radius 1 is 1.27 bits per heavy atom. The molecule has 0 radical (unpaired) electrons. The second kappa shape index (κ2) is 7.83. The first kappa shape index (κ1) is 18.0. The van der Waals surface area contributed by atoms with E-state index in [-0.39, 0.29) is 23.2 Å². The molecule has 0 aromatic heterocycles. The fraction of sp³-hybridized carbons (Fsp3) is 0.385. The number of hydrogen-bond donors (Lipinski definition) is 0. The summed E-state index contributed by atoms with van der Waals surface area (Å²) < 4.78 is 22.9. The molecule has 0 aliphatic carbocycles. The van der Waals surface area contributed by atoms with Crippen LogP contribution in [-0.4, -0.2) is 30.1 Å². The van der Waals surface area contributed by atoms with Crippen molar-refractivity contribution < 1.29 is 28.4 Å². The van der Waals surface area contributed by atoms with Gasteiger partial charge >= 0.3 is 11.9 Å². The molecule has 1 aromatic rings. The number of halogens is 2. The molecule has 0 amide bonds. The van der Waals surface area contributed by atoms with Gasteiger partial charge in [-0.2, -0.15) is 0 Å². The average Bonchev–Trinajstić information content (AvgIpc) is 2.43. The fourth-order valence-corrected chi connectivity index (χ4v) is 2.10. The van der Waals surface area contributed by atoms with E-state index >= 15 is 0 Å². The monoisotopic (exact) mass is 377 g/mol. The second-order valence-corrected chi connectivity index (χ2v) is 4.87. The predicted octanol–water partition coefficient (Wildman–Crippen LogP) is 2.71. The quantitative estimate of drug-likeness (QED) is 0.327. The van der Waals surface area contributed by atoms with Crippen LogP contribution in [0.15, 0.2) is 16.6 Å². The molecule has 0 spiro atoms. The highest BCUT2D eigenvalue weighted by Crippen LogP contribution is 2.33. The molecule has 0 atom stereocenters. The molecular formula is C13H13BrFNO6. The normalized spacial score (nSPS) is 10.4. The Labute approximate surface area is 133 Å². The largest absolute Gasteiger partial charge is 0.465 e. The molecule has 1 rings (SSSR count). The molecular weight excluding hydrogens is 365 g/mol. The number of benzene rings is 1. The van der Waals surface area contributed by atoms with Crippen molar-refractivity contribution in [2.24, 2.45) is 0 Å². The first-order valence-electron chi connectivity index (χ1n) is 6.30. The smallest absolute Gasteiger partial charge is 0.325 e.